The molecular weight excluding hydrogens is 455 g/mol. The van der Waals surface area contributed by atoms with Crippen LogP contribution in [0, 0.1) is 12.4 Å². The minimum absolute atomic E-state index is 0.161. The van der Waals surface area contributed by atoms with E-state index in [1.165, 1.54) is 12.1 Å². The Morgan fingerprint density at radius 2 is 1.91 bits per heavy atom. The lowest BCUT2D eigenvalue weighted by atomic mass is 9.94. The van der Waals surface area contributed by atoms with Gasteiger partial charge in [-0.1, -0.05) is 17.7 Å². The molecule has 0 saturated carbocycles. The van der Waals surface area contributed by atoms with E-state index in [-0.39, 0.29) is 11.7 Å². The van der Waals surface area contributed by atoms with Crippen LogP contribution in [0.15, 0.2) is 42.5 Å². The molecule has 0 aliphatic carbocycles. The molecule has 1 aliphatic heterocycles. The van der Waals surface area contributed by atoms with Gasteiger partial charge < -0.3 is 20.5 Å². The SMILES string of the molecule is [C-]#[N+]c1ccc(Nc2c(-c3ccc(F)cc3)nc3n2CCN(C(=O)C(C)(C)N)C3(C)C)cc1Cl. The summed E-state index contributed by atoms with van der Waals surface area (Å²) in [6.45, 7) is 15.4. The summed E-state index contributed by atoms with van der Waals surface area (Å²) in [4.78, 5) is 23.2. The molecule has 0 saturated heterocycles. The van der Waals surface area contributed by atoms with E-state index < -0.39 is 11.1 Å². The van der Waals surface area contributed by atoms with E-state index in [9.17, 15) is 9.18 Å². The summed E-state index contributed by atoms with van der Waals surface area (Å²) in [5.74, 6) is 0.875. The Bertz CT molecular complexity index is 1300. The van der Waals surface area contributed by atoms with Crippen LogP contribution in [0.4, 0.5) is 21.6 Å². The number of benzene rings is 2. The molecule has 1 aromatic heterocycles. The fourth-order valence-corrected chi connectivity index (χ4v) is 4.41. The molecule has 0 radical (unpaired) electrons. The molecule has 34 heavy (non-hydrogen) atoms. The Kier molecular flexibility index (Phi) is 5.88. The van der Waals surface area contributed by atoms with Gasteiger partial charge in [-0.25, -0.2) is 14.2 Å². The standard InChI is InChI=1S/C25H26ClFN6O/c1-24(2,28)23(34)33-13-12-32-21(30-17-10-11-19(29-5)18(26)14-17)20(31-22(32)25(33,3)4)15-6-8-16(27)9-7-15/h6-11,14,30H,12-13,28H2,1-4H3. The van der Waals surface area contributed by atoms with Crippen LogP contribution in [-0.4, -0.2) is 32.4 Å². The maximum absolute atomic E-state index is 13.6. The van der Waals surface area contributed by atoms with E-state index in [1.54, 1.807) is 49.1 Å². The first-order valence-electron chi connectivity index (χ1n) is 10.9. The molecule has 1 aliphatic rings. The number of nitrogens with one attached hydrogen (secondary N) is 1. The number of fused-ring (bicyclic) bond motifs is 1. The number of rotatable bonds is 4. The molecule has 0 fully saturated rings. The molecule has 0 bridgehead atoms. The zero-order valence-corrected chi connectivity index (χ0v) is 20.2. The monoisotopic (exact) mass is 480 g/mol. The fraction of sp³-hybridized carbons (Fsp3) is 0.320. The van der Waals surface area contributed by atoms with E-state index >= 15 is 0 Å². The zero-order chi connectivity index (χ0) is 24.8. The second kappa shape index (κ2) is 8.42. The maximum Gasteiger partial charge on any atom is 0.242 e. The highest BCUT2D eigenvalue weighted by atomic mass is 35.5. The van der Waals surface area contributed by atoms with E-state index in [1.807, 2.05) is 18.4 Å². The third kappa shape index (κ3) is 4.13. The molecule has 3 N–H and O–H groups in total. The molecule has 4 rings (SSSR count). The van der Waals surface area contributed by atoms with Gasteiger partial charge in [-0.3, -0.25) is 4.79 Å². The van der Waals surface area contributed by atoms with Crippen molar-refractivity contribution in [1.82, 2.24) is 14.5 Å². The van der Waals surface area contributed by atoms with Crippen molar-refractivity contribution in [3.05, 3.63) is 70.5 Å². The van der Waals surface area contributed by atoms with E-state index in [2.05, 4.69) is 10.2 Å². The van der Waals surface area contributed by atoms with Gasteiger partial charge in [-0.05, 0) is 64.1 Å². The normalized spacial score (nSPS) is 14.9. The van der Waals surface area contributed by atoms with Crippen molar-refractivity contribution in [2.45, 2.75) is 45.3 Å². The number of amides is 1. The highest BCUT2D eigenvalue weighted by Gasteiger charge is 2.44. The van der Waals surface area contributed by atoms with Gasteiger partial charge in [0.2, 0.25) is 11.6 Å². The quantitative estimate of drug-likeness (QED) is 0.486. The average molecular weight is 481 g/mol. The first-order chi connectivity index (χ1) is 15.9. The summed E-state index contributed by atoms with van der Waals surface area (Å²) < 4.78 is 15.7. The smallest absolute Gasteiger partial charge is 0.242 e. The van der Waals surface area contributed by atoms with Crippen LogP contribution in [0.1, 0.15) is 33.5 Å². The number of nitrogens with two attached hydrogens (primary N) is 1. The third-order valence-corrected chi connectivity index (χ3v) is 6.28. The Balaban J connectivity index is 1.85. The molecule has 1 amide bonds. The van der Waals surface area contributed by atoms with Crippen LogP contribution >= 0.6 is 11.6 Å². The number of carbonyl (C=O) groups is 1. The summed E-state index contributed by atoms with van der Waals surface area (Å²) in [6, 6.07) is 11.2. The first-order valence-corrected chi connectivity index (χ1v) is 11.2. The molecule has 0 atom stereocenters. The minimum atomic E-state index is -1.02. The van der Waals surface area contributed by atoms with Gasteiger partial charge in [0.05, 0.1) is 17.6 Å². The second-order valence-electron chi connectivity index (χ2n) is 9.43. The molecule has 176 valence electrons. The van der Waals surface area contributed by atoms with Crippen molar-refractivity contribution in [3.8, 4) is 11.3 Å². The van der Waals surface area contributed by atoms with Crippen LogP contribution in [0.3, 0.4) is 0 Å². The Labute approximate surface area is 203 Å². The zero-order valence-electron chi connectivity index (χ0n) is 19.5. The van der Waals surface area contributed by atoms with Gasteiger partial charge >= 0.3 is 0 Å². The van der Waals surface area contributed by atoms with E-state index in [4.69, 9.17) is 28.9 Å². The summed E-state index contributed by atoms with van der Waals surface area (Å²) in [7, 11) is 0. The fourth-order valence-electron chi connectivity index (χ4n) is 4.19. The van der Waals surface area contributed by atoms with E-state index in [0.29, 0.717) is 46.8 Å². The van der Waals surface area contributed by atoms with Crippen LogP contribution in [0.5, 0.6) is 0 Å². The molecule has 0 spiro atoms. The molecule has 7 nitrogen and oxygen atoms in total. The van der Waals surface area contributed by atoms with Crippen molar-refractivity contribution in [2.24, 2.45) is 5.73 Å². The number of hydrogen-bond acceptors (Lipinski definition) is 4. The van der Waals surface area contributed by atoms with Crippen LogP contribution < -0.4 is 11.1 Å². The average Bonchev–Trinajstić information content (AvgIpc) is 3.13. The first kappa shape index (κ1) is 23.7. The molecular formula is C25H26ClFN6O. The summed E-state index contributed by atoms with van der Waals surface area (Å²) in [5.41, 5.74) is 6.76. The number of halogens is 2. The number of aromatic nitrogens is 2. The molecule has 2 heterocycles. The third-order valence-electron chi connectivity index (χ3n) is 5.98. The Hall–Kier alpha value is -3.41. The lowest BCUT2D eigenvalue weighted by Crippen LogP contribution is -2.60. The van der Waals surface area contributed by atoms with Crippen molar-refractivity contribution in [3.63, 3.8) is 0 Å². The van der Waals surface area contributed by atoms with Crippen molar-refractivity contribution in [1.29, 1.82) is 0 Å². The van der Waals surface area contributed by atoms with Gasteiger partial charge in [0.15, 0.2) is 0 Å². The number of nitrogens with zero attached hydrogens (tertiary/aromatic N) is 4. The minimum Gasteiger partial charge on any atom is -0.340 e. The van der Waals surface area contributed by atoms with Gasteiger partial charge in [0.25, 0.3) is 0 Å². The molecule has 9 heteroatoms. The maximum atomic E-state index is 13.6. The van der Waals surface area contributed by atoms with Crippen LogP contribution in [0.25, 0.3) is 16.1 Å². The van der Waals surface area contributed by atoms with Crippen LogP contribution in [0.2, 0.25) is 5.02 Å². The van der Waals surface area contributed by atoms with Crippen LogP contribution in [-0.2, 0) is 16.9 Å². The number of carbonyl (C=O) groups excluding carboxylic acids is 1. The highest BCUT2D eigenvalue weighted by molar-refractivity contribution is 6.33. The predicted molar refractivity (Wildman–Crippen MR) is 132 cm³/mol. The van der Waals surface area contributed by atoms with Gasteiger partial charge in [-0.15, -0.1) is 0 Å². The van der Waals surface area contributed by atoms with Crippen molar-refractivity contribution >= 4 is 34.7 Å². The van der Waals surface area contributed by atoms with Gasteiger partial charge in [0.1, 0.15) is 23.2 Å². The Morgan fingerprint density at radius 1 is 1.24 bits per heavy atom. The lowest BCUT2D eigenvalue weighted by Gasteiger charge is -2.44. The van der Waals surface area contributed by atoms with Gasteiger partial charge in [0, 0.05) is 29.4 Å². The van der Waals surface area contributed by atoms with Crippen molar-refractivity contribution < 1.29 is 9.18 Å². The Morgan fingerprint density at radius 3 is 2.50 bits per heavy atom. The molecule has 3 aromatic rings. The number of hydrogen-bond donors (Lipinski definition) is 2. The number of anilines is 2. The van der Waals surface area contributed by atoms with Gasteiger partial charge in [-0.2, -0.15) is 0 Å². The predicted octanol–water partition coefficient (Wildman–Crippen LogP) is 5.45. The van der Waals surface area contributed by atoms with E-state index in [0.717, 1.165) is 5.56 Å². The highest BCUT2D eigenvalue weighted by Crippen LogP contribution is 2.40. The lowest BCUT2D eigenvalue weighted by molar-refractivity contribution is -0.143. The topological polar surface area (TPSA) is 80.5 Å². The molecule has 0 unspecified atom stereocenters. The summed E-state index contributed by atoms with van der Waals surface area (Å²) >= 11 is 6.26. The molecule has 2 aromatic carbocycles. The second-order valence-corrected chi connectivity index (χ2v) is 9.84. The largest absolute Gasteiger partial charge is 0.340 e. The van der Waals surface area contributed by atoms with Crippen molar-refractivity contribution in [2.75, 3.05) is 11.9 Å². The number of imidazole rings is 1. The summed E-state index contributed by atoms with van der Waals surface area (Å²) in [5, 5.41) is 3.73. The summed E-state index contributed by atoms with van der Waals surface area (Å²) in [6.07, 6.45) is 0.